The van der Waals surface area contributed by atoms with Crippen LogP contribution in [0.5, 0.6) is 0 Å². The van der Waals surface area contributed by atoms with Crippen molar-refractivity contribution in [2.24, 2.45) is 0 Å². The van der Waals surface area contributed by atoms with E-state index in [-0.39, 0.29) is 43.8 Å². The van der Waals surface area contributed by atoms with E-state index < -0.39 is 5.60 Å². The van der Waals surface area contributed by atoms with Gasteiger partial charge in [-0.3, -0.25) is 14.5 Å². The first-order valence-electron chi connectivity index (χ1n) is 11.3. The molecule has 7 nitrogen and oxygen atoms in total. The standard InChI is InChI=1S/C23H31Cl2N3O4.CH4/c1-23(2,31)22(30)27-9-10-28(20(29)12-15-5-6-16(24)17(25)11-15)21-18(13-32-14-19(21)27)26-7-3-4-8-26;/h5-6,11,18-19,21,31H,3-4,7-10,12-14H2,1-2H3;1H4/t18-,19+,21+;/m1./s1. The molecule has 0 spiro atoms. The van der Waals surface area contributed by atoms with Gasteiger partial charge >= 0.3 is 0 Å². The van der Waals surface area contributed by atoms with E-state index in [9.17, 15) is 14.7 Å². The van der Waals surface area contributed by atoms with Gasteiger partial charge in [0.05, 0.1) is 47.8 Å². The molecule has 0 saturated carbocycles. The van der Waals surface area contributed by atoms with Crippen LogP contribution in [0.2, 0.25) is 10.0 Å². The van der Waals surface area contributed by atoms with Gasteiger partial charge < -0.3 is 19.6 Å². The summed E-state index contributed by atoms with van der Waals surface area (Å²) in [7, 11) is 0. The van der Waals surface area contributed by atoms with E-state index >= 15 is 0 Å². The number of carbonyl (C=O) groups is 2. The number of likely N-dealkylation sites (tertiary alicyclic amines) is 1. The largest absolute Gasteiger partial charge is 0.381 e. The number of nitrogens with zero attached hydrogens (tertiary/aromatic N) is 3. The molecular formula is C24H35Cl2N3O4. The summed E-state index contributed by atoms with van der Waals surface area (Å²) in [6.07, 6.45) is 2.46. The zero-order valence-corrected chi connectivity index (χ0v) is 20.1. The average molecular weight is 500 g/mol. The summed E-state index contributed by atoms with van der Waals surface area (Å²) in [4.78, 5) is 32.5. The molecule has 4 rings (SSSR count). The third-order valence-corrected chi connectivity index (χ3v) is 7.50. The molecule has 184 valence electrons. The first kappa shape index (κ1) is 26.2. The topological polar surface area (TPSA) is 73.3 Å². The van der Waals surface area contributed by atoms with Gasteiger partial charge in [-0.05, 0) is 57.5 Å². The van der Waals surface area contributed by atoms with Gasteiger partial charge in [0.15, 0.2) is 0 Å². The summed E-state index contributed by atoms with van der Waals surface area (Å²) in [5, 5.41) is 11.3. The minimum atomic E-state index is -1.47. The number of hydrogen-bond donors (Lipinski definition) is 1. The Labute approximate surface area is 206 Å². The van der Waals surface area contributed by atoms with E-state index in [1.54, 1.807) is 17.0 Å². The lowest BCUT2D eigenvalue weighted by Gasteiger charge is -2.54. The first-order chi connectivity index (χ1) is 15.2. The number of fused-ring (bicyclic) bond motifs is 1. The van der Waals surface area contributed by atoms with Gasteiger partial charge in [0.25, 0.3) is 5.91 Å². The molecule has 3 aliphatic heterocycles. The molecule has 1 aromatic carbocycles. The van der Waals surface area contributed by atoms with Gasteiger partial charge in [0, 0.05) is 13.1 Å². The Morgan fingerprint density at radius 2 is 1.67 bits per heavy atom. The smallest absolute Gasteiger partial charge is 0.254 e. The SMILES string of the molecule is C.CC(C)(O)C(=O)N1CCN(C(=O)Cc2ccc(Cl)c(Cl)c2)[C@H]2[C@H](N3CCCC3)COC[C@@H]21. The maximum Gasteiger partial charge on any atom is 0.254 e. The number of carbonyl (C=O) groups excluding carboxylic acids is 2. The van der Waals surface area contributed by atoms with E-state index in [0.717, 1.165) is 31.5 Å². The quantitative estimate of drug-likeness (QED) is 0.689. The lowest BCUT2D eigenvalue weighted by Crippen LogP contribution is -2.73. The van der Waals surface area contributed by atoms with Gasteiger partial charge in [-0.1, -0.05) is 36.7 Å². The molecule has 1 aromatic rings. The molecule has 0 bridgehead atoms. The van der Waals surface area contributed by atoms with E-state index in [0.29, 0.717) is 36.3 Å². The van der Waals surface area contributed by atoms with Crippen molar-refractivity contribution in [3.05, 3.63) is 33.8 Å². The van der Waals surface area contributed by atoms with Crippen molar-refractivity contribution in [3.63, 3.8) is 0 Å². The van der Waals surface area contributed by atoms with Crippen molar-refractivity contribution < 1.29 is 19.4 Å². The summed E-state index contributed by atoms with van der Waals surface area (Å²) in [6.45, 7) is 6.62. The maximum absolute atomic E-state index is 13.5. The number of amides is 2. The molecule has 0 radical (unpaired) electrons. The van der Waals surface area contributed by atoms with Gasteiger partial charge in [0.2, 0.25) is 5.91 Å². The molecule has 9 heteroatoms. The lowest BCUT2D eigenvalue weighted by atomic mass is 9.89. The molecule has 3 heterocycles. The van der Waals surface area contributed by atoms with Crippen LogP contribution in [-0.4, -0.2) is 94.7 Å². The summed E-state index contributed by atoms with van der Waals surface area (Å²) in [5.74, 6) is -0.324. The molecule has 33 heavy (non-hydrogen) atoms. The van der Waals surface area contributed by atoms with E-state index in [4.69, 9.17) is 27.9 Å². The Kier molecular flexibility index (Phi) is 8.33. The minimum Gasteiger partial charge on any atom is -0.381 e. The lowest BCUT2D eigenvalue weighted by molar-refractivity contribution is -0.172. The molecule has 3 atom stereocenters. The number of aliphatic hydroxyl groups is 1. The second-order valence-electron chi connectivity index (χ2n) is 9.48. The van der Waals surface area contributed by atoms with Crippen LogP contribution in [0.3, 0.4) is 0 Å². The van der Waals surface area contributed by atoms with Gasteiger partial charge in [-0.15, -0.1) is 0 Å². The minimum absolute atomic E-state index is 0. The molecular weight excluding hydrogens is 465 g/mol. The molecule has 0 aromatic heterocycles. The van der Waals surface area contributed by atoms with Crippen LogP contribution in [0.4, 0.5) is 0 Å². The van der Waals surface area contributed by atoms with Crippen LogP contribution < -0.4 is 0 Å². The predicted octanol–water partition coefficient (Wildman–Crippen LogP) is 2.85. The zero-order chi connectivity index (χ0) is 23.0. The molecule has 3 fully saturated rings. The van der Waals surface area contributed by atoms with Crippen molar-refractivity contribution in [1.29, 1.82) is 0 Å². The summed E-state index contributed by atoms with van der Waals surface area (Å²) >= 11 is 12.2. The highest BCUT2D eigenvalue weighted by molar-refractivity contribution is 6.42. The number of rotatable bonds is 4. The van der Waals surface area contributed by atoms with Crippen LogP contribution in [0, 0.1) is 0 Å². The van der Waals surface area contributed by atoms with Crippen molar-refractivity contribution in [2.45, 2.75) is 64.3 Å². The highest BCUT2D eigenvalue weighted by Gasteiger charge is 2.50. The Hall–Kier alpha value is -1.38. The van der Waals surface area contributed by atoms with E-state index in [2.05, 4.69) is 4.90 Å². The molecule has 0 unspecified atom stereocenters. The van der Waals surface area contributed by atoms with Crippen LogP contribution >= 0.6 is 23.2 Å². The van der Waals surface area contributed by atoms with Crippen molar-refractivity contribution in [2.75, 3.05) is 39.4 Å². The Bertz CT molecular complexity index is 870. The first-order valence-corrected chi connectivity index (χ1v) is 12.0. The Morgan fingerprint density at radius 3 is 2.30 bits per heavy atom. The molecule has 0 aliphatic carbocycles. The molecule has 2 amide bonds. The Morgan fingerprint density at radius 1 is 1.03 bits per heavy atom. The van der Waals surface area contributed by atoms with Crippen LogP contribution in [0.1, 0.15) is 39.7 Å². The maximum atomic E-state index is 13.5. The average Bonchev–Trinajstić information content (AvgIpc) is 3.28. The monoisotopic (exact) mass is 499 g/mol. The zero-order valence-electron chi connectivity index (χ0n) is 18.6. The number of hydrogen-bond acceptors (Lipinski definition) is 5. The third kappa shape index (κ3) is 5.49. The van der Waals surface area contributed by atoms with E-state index in [1.165, 1.54) is 13.8 Å². The number of piperazine rings is 1. The number of ether oxygens (including phenoxy) is 1. The van der Waals surface area contributed by atoms with Crippen molar-refractivity contribution in [3.8, 4) is 0 Å². The predicted molar refractivity (Wildman–Crippen MR) is 130 cm³/mol. The Balaban J connectivity index is 0.00000306. The van der Waals surface area contributed by atoms with E-state index in [1.807, 2.05) is 11.0 Å². The van der Waals surface area contributed by atoms with Crippen LogP contribution in [0.15, 0.2) is 18.2 Å². The second-order valence-corrected chi connectivity index (χ2v) is 10.3. The number of benzene rings is 1. The van der Waals surface area contributed by atoms with Gasteiger partial charge in [0.1, 0.15) is 5.60 Å². The van der Waals surface area contributed by atoms with Crippen LogP contribution in [0.25, 0.3) is 0 Å². The fourth-order valence-electron chi connectivity index (χ4n) is 5.20. The van der Waals surface area contributed by atoms with Crippen molar-refractivity contribution in [1.82, 2.24) is 14.7 Å². The van der Waals surface area contributed by atoms with Crippen LogP contribution in [-0.2, 0) is 20.7 Å². The van der Waals surface area contributed by atoms with Gasteiger partial charge in [-0.25, -0.2) is 0 Å². The van der Waals surface area contributed by atoms with Gasteiger partial charge in [-0.2, -0.15) is 0 Å². The second kappa shape index (κ2) is 10.5. The fraction of sp³-hybridized carbons (Fsp3) is 0.667. The summed E-state index contributed by atoms with van der Waals surface area (Å²) < 4.78 is 5.95. The summed E-state index contributed by atoms with van der Waals surface area (Å²) in [6, 6.07) is 4.80. The van der Waals surface area contributed by atoms with Crippen molar-refractivity contribution >= 4 is 35.0 Å². The number of halogens is 2. The molecule has 3 saturated heterocycles. The highest BCUT2D eigenvalue weighted by atomic mass is 35.5. The highest BCUT2D eigenvalue weighted by Crippen LogP contribution is 2.31. The normalized spacial score (nSPS) is 26.0. The molecule has 3 aliphatic rings. The third-order valence-electron chi connectivity index (χ3n) is 6.76. The molecule has 1 N–H and O–H groups in total. The fourth-order valence-corrected chi connectivity index (χ4v) is 5.52. The summed E-state index contributed by atoms with van der Waals surface area (Å²) in [5.41, 5.74) is -0.669.